The third kappa shape index (κ3) is 1.64. The molecule has 1 saturated heterocycles. The largest absolute Gasteiger partial charge is 0.380 e. The summed E-state index contributed by atoms with van der Waals surface area (Å²) in [7, 11) is 0. The summed E-state index contributed by atoms with van der Waals surface area (Å²) in [6.07, 6.45) is 7.05. The fraction of sp³-hybridized carbons (Fsp3) is 0.909. The lowest BCUT2D eigenvalue weighted by molar-refractivity contribution is -0.119. The Morgan fingerprint density at radius 3 is 2.54 bits per heavy atom. The Morgan fingerprint density at radius 2 is 2.15 bits per heavy atom. The van der Waals surface area contributed by atoms with E-state index < -0.39 is 0 Å². The number of hydrogen-bond donors (Lipinski definition) is 0. The molecule has 0 aromatic rings. The van der Waals surface area contributed by atoms with Crippen LogP contribution in [0, 0.1) is 10.8 Å². The first-order valence-electron chi connectivity index (χ1n) is 5.22. The molecule has 0 amide bonds. The van der Waals surface area contributed by atoms with E-state index in [9.17, 15) is 4.79 Å². The molecule has 2 nitrogen and oxygen atoms in total. The average Bonchev–Trinajstić information content (AvgIpc) is 2.51. The molecule has 1 aliphatic heterocycles. The molecule has 2 fully saturated rings. The average molecular weight is 182 g/mol. The second kappa shape index (κ2) is 3.09. The van der Waals surface area contributed by atoms with Crippen LogP contribution in [0.25, 0.3) is 0 Å². The molecule has 2 rings (SSSR count). The normalized spacial score (nSPS) is 37.0. The van der Waals surface area contributed by atoms with Gasteiger partial charge in [-0.25, -0.2) is 0 Å². The highest BCUT2D eigenvalue weighted by Gasteiger charge is 2.43. The van der Waals surface area contributed by atoms with Gasteiger partial charge in [-0.1, -0.05) is 13.3 Å². The van der Waals surface area contributed by atoms with Crippen molar-refractivity contribution in [2.75, 3.05) is 13.2 Å². The summed E-state index contributed by atoms with van der Waals surface area (Å²) in [5.41, 5.74) is 0.309. The van der Waals surface area contributed by atoms with Crippen LogP contribution in [0.5, 0.6) is 0 Å². The SMILES string of the molecule is CC1(CC2(C=O)CCOC2)CCC1. The molecule has 0 bridgehead atoms. The zero-order valence-corrected chi connectivity index (χ0v) is 8.34. The van der Waals surface area contributed by atoms with Crippen molar-refractivity contribution < 1.29 is 9.53 Å². The van der Waals surface area contributed by atoms with Gasteiger partial charge >= 0.3 is 0 Å². The van der Waals surface area contributed by atoms with E-state index in [-0.39, 0.29) is 5.41 Å². The Labute approximate surface area is 79.7 Å². The smallest absolute Gasteiger partial charge is 0.128 e. The van der Waals surface area contributed by atoms with Crippen LogP contribution >= 0.6 is 0 Å². The molecule has 0 N–H and O–H groups in total. The quantitative estimate of drug-likeness (QED) is 0.625. The fourth-order valence-corrected chi connectivity index (χ4v) is 2.70. The van der Waals surface area contributed by atoms with Gasteiger partial charge in [0.15, 0.2) is 0 Å². The van der Waals surface area contributed by atoms with Gasteiger partial charge in [-0.2, -0.15) is 0 Å². The molecule has 2 aliphatic rings. The fourth-order valence-electron chi connectivity index (χ4n) is 2.70. The Balaban J connectivity index is 2.00. The number of hydrogen-bond acceptors (Lipinski definition) is 2. The van der Waals surface area contributed by atoms with Crippen LogP contribution in [0.1, 0.15) is 39.0 Å². The summed E-state index contributed by atoms with van der Waals surface area (Å²) in [6.45, 7) is 3.74. The molecule has 1 unspecified atom stereocenters. The number of aldehydes is 1. The Hall–Kier alpha value is -0.370. The third-order valence-electron chi connectivity index (χ3n) is 3.72. The van der Waals surface area contributed by atoms with Crippen molar-refractivity contribution in [3.8, 4) is 0 Å². The molecule has 1 aliphatic carbocycles. The molecule has 2 heteroatoms. The molecule has 1 atom stereocenters. The van der Waals surface area contributed by atoms with E-state index in [1.165, 1.54) is 19.3 Å². The van der Waals surface area contributed by atoms with Crippen molar-refractivity contribution in [2.24, 2.45) is 10.8 Å². The second-order valence-electron chi connectivity index (χ2n) is 5.12. The summed E-state index contributed by atoms with van der Waals surface area (Å²) in [6, 6.07) is 0. The minimum Gasteiger partial charge on any atom is -0.380 e. The highest BCUT2D eigenvalue weighted by atomic mass is 16.5. The van der Waals surface area contributed by atoms with Gasteiger partial charge in [-0.05, 0) is 31.1 Å². The van der Waals surface area contributed by atoms with Crippen molar-refractivity contribution in [3.05, 3.63) is 0 Å². The lowest BCUT2D eigenvalue weighted by atomic mass is 9.62. The topological polar surface area (TPSA) is 26.3 Å². The zero-order chi connectivity index (χ0) is 9.36. The summed E-state index contributed by atoms with van der Waals surface area (Å²) in [5.74, 6) is 0. The first-order chi connectivity index (χ1) is 6.18. The van der Waals surface area contributed by atoms with E-state index in [0.717, 1.165) is 25.7 Å². The molecule has 1 saturated carbocycles. The van der Waals surface area contributed by atoms with Crippen LogP contribution < -0.4 is 0 Å². The molecular formula is C11H18O2. The molecular weight excluding hydrogens is 164 g/mol. The molecule has 0 aromatic heterocycles. The standard InChI is InChI=1S/C11H18O2/c1-10(3-2-4-10)7-11(8-12)5-6-13-9-11/h8H,2-7,9H2,1H3. The lowest BCUT2D eigenvalue weighted by Gasteiger charge is -2.42. The Bertz CT molecular complexity index is 200. The first kappa shape index (κ1) is 9.20. The molecule has 0 radical (unpaired) electrons. The highest BCUT2D eigenvalue weighted by molar-refractivity contribution is 5.60. The summed E-state index contributed by atoms with van der Waals surface area (Å²) in [4.78, 5) is 11.1. The second-order valence-corrected chi connectivity index (χ2v) is 5.12. The van der Waals surface area contributed by atoms with E-state index in [4.69, 9.17) is 4.74 Å². The van der Waals surface area contributed by atoms with Crippen LogP contribution in [-0.4, -0.2) is 19.5 Å². The molecule has 0 aromatic carbocycles. The van der Waals surface area contributed by atoms with E-state index in [2.05, 4.69) is 6.92 Å². The van der Waals surface area contributed by atoms with E-state index in [1.807, 2.05) is 0 Å². The van der Waals surface area contributed by atoms with Crippen molar-refractivity contribution in [2.45, 2.75) is 39.0 Å². The van der Waals surface area contributed by atoms with Crippen LogP contribution in [0.4, 0.5) is 0 Å². The van der Waals surface area contributed by atoms with Crippen molar-refractivity contribution in [1.29, 1.82) is 0 Å². The maximum atomic E-state index is 11.1. The molecule has 13 heavy (non-hydrogen) atoms. The van der Waals surface area contributed by atoms with Crippen LogP contribution in [0.15, 0.2) is 0 Å². The maximum Gasteiger partial charge on any atom is 0.128 e. The maximum absolute atomic E-state index is 11.1. The van der Waals surface area contributed by atoms with E-state index in [1.54, 1.807) is 0 Å². The lowest BCUT2D eigenvalue weighted by Crippen LogP contribution is -2.36. The minimum absolute atomic E-state index is 0.130. The molecule has 74 valence electrons. The van der Waals surface area contributed by atoms with E-state index >= 15 is 0 Å². The predicted molar refractivity (Wildman–Crippen MR) is 50.5 cm³/mol. The van der Waals surface area contributed by atoms with Gasteiger partial charge < -0.3 is 9.53 Å². The van der Waals surface area contributed by atoms with Gasteiger partial charge in [0, 0.05) is 6.61 Å². The summed E-state index contributed by atoms with van der Waals surface area (Å²) >= 11 is 0. The monoisotopic (exact) mass is 182 g/mol. The van der Waals surface area contributed by atoms with Gasteiger partial charge in [0.1, 0.15) is 6.29 Å². The number of carbonyl (C=O) groups excluding carboxylic acids is 1. The predicted octanol–water partition coefficient (Wildman–Crippen LogP) is 2.17. The van der Waals surface area contributed by atoms with Gasteiger partial charge in [-0.15, -0.1) is 0 Å². The van der Waals surface area contributed by atoms with Gasteiger partial charge in [0.05, 0.1) is 12.0 Å². The number of rotatable bonds is 3. The van der Waals surface area contributed by atoms with Crippen LogP contribution in [0.2, 0.25) is 0 Å². The van der Waals surface area contributed by atoms with Crippen molar-refractivity contribution in [1.82, 2.24) is 0 Å². The first-order valence-corrected chi connectivity index (χ1v) is 5.22. The van der Waals surface area contributed by atoms with Gasteiger partial charge in [0.25, 0.3) is 0 Å². The molecule has 1 heterocycles. The Kier molecular flexibility index (Phi) is 2.18. The van der Waals surface area contributed by atoms with Crippen molar-refractivity contribution in [3.63, 3.8) is 0 Å². The van der Waals surface area contributed by atoms with Crippen LogP contribution in [0.3, 0.4) is 0 Å². The van der Waals surface area contributed by atoms with Gasteiger partial charge in [0.2, 0.25) is 0 Å². The number of ether oxygens (including phenoxy) is 1. The minimum atomic E-state index is -0.130. The Morgan fingerprint density at radius 1 is 1.38 bits per heavy atom. The van der Waals surface area contributed by atoms with Crippen molar-refractivity contribution >= 4 is 6.29 Å². The molecule has 0 spiro atoms. The zero-order valence-electron chi connectivity index (χ0n) is 8.34. The van der Waals surface area contributed by atoms with Crippen LogP contribution in [-0.2, 0) is 9.53 Å². The number of carbonyl (C=O) groups is 1. The summed E-state index contributed by atoms with van der Waals surface area (Å²) < 4.78 is 5.33. The van der Waals surface area contributed by atoms with E-state index in [0.29, 0.717) is 12.0 Å². The summed E-state index contributed by atoms with van der Waals surface area (Å²) in [5, 5.41) is 0. The van der Waals surface area contributed by atoms with Gasteiger partial charge in [-0.3, -0.25) is 0 Å². The highest BCUT2D eigenvalue weighted by Crippen LogP contribution is 2.50. The third-order valence-corrected chi connectivity index (χ3v) is 3.72.